The number of aromatic nitrogens is 2. The maximum Gasteiger partial charge on any atom is 0.338 e. The van der Waals surface area contributed by atoms with Crippen LogP contribution in [0.2, 0.25) is 0 Å². The van der Waals surface area contributed by atoms with E-state index >= 15 is 0 Å². The van der Waals surface area contributed by atoms with Crippen molar-refractivity contribution in [1.82, 2.24) is 14.5 Å². The topological polar surface area (TPSA) is 103 Å². The van der Waals surface area contributed by atoms with Gasteiger partial charge in [0, 0.05) is 13.1 Å². The zero-order chi connectivity index (χ0) is 22.0. The Hall–Kier alpha value is -2.56. The molecule has 1 aliphatic heterocycles. The molecule has 3 heterocycles. The molecule has 0 spiro atoms. The van der Waals surface area contributed by atoms with E-state index in [1.165, 1.54) is 39.9 Å². The van der Waals surface area contributed by atoms with Crippen LogP contribution >= 0.6 is 11.3 Å². The highest BCUT2D eigenvalue weighted by Crippen LogP contribution is 2.27. The van der Waals surface area contributed by atoms with Gasteiger partial charge in [0.15, 0.2) is 6.10 Å². The first-order valence-electron chi connectivity index (χ1n) is 10.0. The lowest BCUT2D eigenvalue weighted by Gasteiger charge is -2.29. The number of hydrogen-bond acceptors (Lipinski definition) is 8. The van der Waals surface area contributed by atoms with Crippen LogP contribution in [0.1, 0.15) is 49.0 Å². The molecule has 1 atom stereocenters. The van der Waals surface area contributed by atoms with Gasteiger partial charge in [-0.15, -0.1) is 21.5 Å². The van der Waals surface area contributed by atoms with E-state index in [-0.39, 0.29) is 16.3 Å². The van der Waals surface area contributed by atoms with Crippen molar-refractivity contribution >= 4 is 27.3 Å². The smallest absolute Gasteiger partial charge is 0.338 e. The first kappa shape index (κ1) is 21.7. The van der Waals surface area contributed by atoms with Crippen LogP contribution in [0.4, 0.5) is 0 Å². The number of carbonyl (C=O) groups is 1. The van der Waals surface area contributed by atoms with Crippen LogP contribution in [0.5, 0.6) is 0 Å². The number of thiophene rings is 1. The fraction of sp³-hybridized carbons (Fsp3) is 0.381. The summed E-state index contributed by atoms with van der Waals surface area (Å²) in [6.45, 7) is 4.80. The minimum absolute atomic E-state index is 0.171. The number of nitrogens with zero attached hydrogens (tertiary/aromatic N) is 3. The largest absolute Gasteiger partial charge is 0.449 e. The normalized spacial score (nSPS) is 16.8. The summed E-state index contributed by atoms with van der Waals surface area (Å²) in [7, 11) is -3.56. The fourth-order valence-corrected chi connectivity index (χ4v) is 5.43. The molecule has 0 radical (unpaired) electrons. The van der Waals surface area contributed by atoms with Crippen LogP contribution < -0.4 is 0 Å². The lowest BCUT2D eigenvalue weighted by molar-refractivity contribution is 0.0280. The Bertz CT molecular complexity index is 1130. The Morgan fingerprint density at radius 1 is 1.19 bits per heavy atom. The molecule has 0 aliphatic carbocycles. The van der Waals surface area contributed by atoms with E-state index in [1.807, 2.05) is 17.5 Å². The van der Waals surface area contributed by atoms with Gasteiger partial charge in [-0.1, -0.05) is 13.0 Å². The lowest BCUT2D eigenvalue weighted by atomic mass is 10.0. The zero-order valence-electron chi connectivity index (χ0n) is 17.2. The third-order valence-electron chi connectivity index (χ3n) is 5.27. The van der Waals surface area contributed by atoms with Gasteiger partial charge in [0.2, 0.25) is 10.0 Å². The molecule has 3 aromatic rings. The second-order valence-corrected chi connectivity index (χ2v) is 10.5. The highest BCUT2D eigenvalue weighted by Gasteiger charge is 2.28. The van der Waals surface area contributed by atoms with Gasteiger partial charge in [-0.3, -0.25) is 0 Å². The van der Waals surface area contributed by atoms with E-state index < -0.39 is 22.1 Å². The molecule has 8 nitrogen and oxygen atoms in total. The summed E-state index contributed by atoms with van der Waals surface area (Å²) in [5, 5.41) is 9.83. The molecular weight excluding hydrogens is 438 g/mol. The SMILES string of the molecule is CC1CCN(S(=O)(=O)c2ccc(C(=O)OC(C)c3nnc(-c4cccs4)o3)cc2)CC1. The van der Waals surface area contributed by atoms with E-state index in [9.17, 15) is 13.2 Å². The molecule has 0 N–H and O–H groups in total. The summed E-state index contributed by atoms with van der Waals surface area (Å²) >= 11 is 1.47. The molecule has 0 amide bonds. The molecule has 0 saturated carbocycles. The zero-order valence-corrected chi connectivity index (χ0v) is 18.9. The van der Waals surface area contributed by atoms with E-state index in [2.05, 4.69) is 17.1 Å². The van der Waals surface area contributed by atoms with Crippen molar-refractivity contribution in [2.45, 2.75) is 37.7 Å². The monoisotopic (exact) mass is 461 g/mol. The second-order valence-electron chi connectivity index (χ2n) is 7.58. The summed E-state index contributed by atoms with van der Waals surface area (Å²) in [5.41, 5.74) is 0.246. The lowest BCUT2D eigenvalue weighted by Crippen LogP contribution is -2.37. The number of ether oxygens (including phenoxy) is 1. The van der Waals surface area contributed by atoms with Crippen molar-refractivity contribution in [2.75, 3.05) is 13.1 Å². The van der Waals surface area contributed by atoms with Gasteiger partial charge in [0.25, 0.3) is 11.8 Å². The van der Waals surface area contributed by atoms with Gasteiger partial charge in [-0.25, -0.2) is 13.2 Å². The van der Waals surface area contributed by atoms with E-state index in [0.717, 1.165) is 17.7 Å². The van der Waals surface area contributed by atoms with Crippen molar-refractivity contribution in [3.8, 4) is 10.8 Å². The number of rotatable bonds is 6. The molecule has 0 bridgehead atoms. The molecule has 1 saturated heterocycles. The number of sulfonamides is 1. The van der Waals surface area contributed by atoms with Crippen molar-refractivity contribution in [3.63, 3.8) is 0 Å². The second kappa shape index (κ2) is 8.89. The first-order valence-corrected chi connectivity index (χ1v) is 12.3. The molecule has 4 rings (SSSR count). The Labute approximate surface area is 184 Å². The van der Waals surface area contributed by atoms with E-state index in [1.54, 1.807) is 6.92 Å². The Morgan fingerprint density at radius 2 is 1.90 bits per heavy atom. The van der Waals surface area contributed by atoms with Crippen LogP contribution in [-0.2, 0) is 14.8 Å². The number of carbonyl (C=O) groups excluding carboxylic acids is 1. The van der Waals surface area contributed by atoms with Crippen LogP contribution in [0.25, 0.3) is 10.8 Å². The molecular formula is C21H23N3O5S2. The third-order valence-corrected chi connectivity index (χ3v) is 8.05. The predicted octanol–water partition coefficient (Wildman–Crippen LogP) is 4.14. The van der Waals surface area contributed by atoms with Gasteiger partial charge in [0.1, 0.15) is 0 Å². The molecule has 1 aliphatic rings. The summed E-state index contributed by atoms with van der Waals surface area (Å²) in [6.07, 6.45) is 0.962. The van der Waals surface area contributed by atoms with Gasteiger partial charge in [-0.05, 0) is 61.4 Å². The van der Waals surface area contributed by atoms with Crippen LogP contribution in [0, 0.1) is 5.92 Å². The molecule has 1 fully saturated rings. The summed E-state index contributed by atoms with van der Waals surface area (Å²) in [4.78, 5) is 13.5. The standard InChI is InChI=1S/C21H23N3O5S2/c1-14-9-11-24(12-10-14)31(26,27)17-7-5-16(6-8-17)21(25)28-15(2)19-22-23-20(29-19)18-4-3-13-30-18/h3-8,13-15H,9-12H2,1-2H3. The van der Waals surface area contributed by atoms with Crippen molar-refractivity contribution in [1.29, 1.82) is 0 Å². The number of piperidine rings is 1. The number of benzene rings is 1. The minimum atomic E-state index is -3.56. The number of hydrogen-bond donors (Lipinski definition) is 0. The van der Waals surface area contributed by atoms with Crippen molar-refractivity contribution < 1.29 is 22.4 Å². The molecule has 31 heavy (non-hydrogen) atoms. The minimum Gasteiger partial charge on any atom is -0.449 e. The van der Waals surface area contributed by atoms with Crippen molar-refractivity contribution in [3.05, 3.63) is 53.2 Å². The third kappa shape index (κ3) is 4.70. The molecule has 1 unspecified atom stereocenters. The van der Waals surface area contributed by atoms with Gasteiger partial charge in [-0.2, -0.15) is 4.31 Å². The maximum absolute atomic E-state index is 12.8. The summed E-state index contributed by atoms with van der Waals surface area (Å²) in [6, 6.07) is 9.53. The molecule has 1 aromatic carbocycles. The predicted molar refractivity (Wildman–Crippen MR) is 115 cm³/mol. The summed E-state index contributed by atoms with van der Waals surface area (Å²) < 4.78 is 38.2. The van der Waals surface area contributed by atoms with Crippen LogP contribution in [0.3, 0.4) is 0 Å². The van der Waals surface area contributed by atoms with E-state index in [4.69, 9.17) is 9.15 Å². The summed E-state index contributed by atoms with van der Waals surface area (Å²) in [5.74, 6) is 0.495. The van der Waals surface area contributed by atoms with E-state index in [0.29, 0.717) is 24.9 Å². The maximum atomic E-state index is 12.8. The van der Waals surface area contributed by atoms with Gasteiger partial charge in [0.05, 0.1) is 15.3 Å². The Morgan fingerprint density at radius 3 is 2.55 bits per heavy atom. The number of esters is 1. The fourth-order valence-electron chi connectivity index (χ4n) is 3.32. The average molecular weight is 462 g/mol. The Kier molecular flexibility index (Phi) is 6.22. The van der Waals surface area contributed by atoms with Crippen LogP contribution in [-0.4, -0.2) is 42.0 Å². The molecule has 10 heteroatoms. The van der Waals surface area contributed by atoms with Crippen LogP contribution in [0.15, 0.2) is 51.1 Å². The molecule has 2 aromatic heterocycles. The molecule has 164 valence electrons. The highest BCUT2D eigenvalue weighted by molar-refractivity contribution is 7.89. The quantitative estimate of drug-likeness (QED) is 0.508. The van der Waals surface area contributed by atoms with Crippen molar-refractivity contribution in [2.24, 2.45) is 5.92 Å². The first-order chi connectivity index (χ1) is 14.8. The van der Waals surface area contributed by atoms with Gasteiger partial charge < -0.3 is 9.15 Å². The Balaban J connectivity index is 1.41. The average Bonchev–Trinajstić information content (AvgIpc) is 3.46. The van der Waals surface area contributed by atoms with Gasteiger partial charge >= 0.3 is 5.97 Å². The highest BCUT2D eigenvalue weighted by atomic mass is 32.2.